The predicted molar refractivity (Wildman–Crippen MR) is 106 cm³/mol. The minimum absolute atomic E-state index is 0.526. The molecule has 152 valence electrons. The second-order valence-corrected chi connectivity index (χ2v) is 7.49. The minimum atomic E-state index is -1.82. The summed E-state index contributed by atoms with van der Waals surface area (Å²) in [5, 5.41) is 15.4. The molecule has 0 amide bonds. The molecule has 0 aliphatic carbocycles. The molecule has 0 bridgehead atoms. The Labute approximate surface area is 172 Å². The minimum Gasteiger partial charge on any atom is -0.490 e. The lowest BCUT2D eigenvalue weighted by atomic mass is 9.99. The maximum atomic E-state index is 9.10. The van der Waals surface area contributed by atoms with E-state index in [1.807, 2.05) is 18.2 Å². The van der Waals surface area contributed by atoms with Crippen molar-refractivity contribution in [3.05, 3.63) is 27.7 Å². The number of nitrogens with zero attached hydrogens (tertiary/aromatic N) is 1. The number of halogens is 2. The Morgan fingerprint density at radius 3 is 2.37 bits per heavy atom. The fraction of sp³-hybridized carbons (Fsp3) is 0.556. The predicted octanol–water partition coefficient (Wildman–Crippen LogP) is 3.39. The van der Waals surface area contributed by atoms with Crippen LogP contribution in [-0.4, -0.2) is 66.5 Å². The van der Waals surface area contributed by atoms with Crippen molar-refractivity contribution in [1.82, 2.24) is 4.90 Å². The Morgan fingerprint density at radius 2 is 1.81 bits per heavy atom. The van der Waals surface area contributed by atoms with Gasteiger partial charge in [0.25, 0.3) is 0 Å². The van der Waals surface area contributed by atoms with Gasteiger partial charge in [0.15, 0.2) is 0 Å². The third-order valence-electron chi connectivity index (χ3n) is 3.99. The van der Waals surface area contributed by atoms with Crippen LogP contribution in [0.1, 0.15) is 19.8 Å². The summed E-state index contributed by atoms with van der Waals surface area (Å²) in [6.07, 6.45) is 2.62. The lowest BCUT2D eigenvalue weighted by Crippen LogP contribution is -2.35. The molecule has 9 heteroatoms. The molecule has 0 aromatic heterocycles. The molecule has 2 N–H and O–H groups in total. The van der Waals surface area contributed by atoms with Gasteiger partial charge < -0.3 is 24.6 Å². The lowest BCUT2D eigenvalue weighted by Gasteiger charge is -2.29. The molecular formula is C18H25BrClNO6. The first-order chi connectivity index (χ1) is 12.8. The van der Waals surface area contributed by atoms with E-state index in [0.717, 1.165) is 23.5 Å². The molecule has 1 aliphatic rings. The summed E-state index contributed by atoms with van der Waals surface area (Å²) in [5.41, 5.74) is 0. The summed E-state index contributed by atoms with van der Waals surface area (Å²) in [7, 11) is 0. The number of hydrogen-bond donors (Lipinski definition) is 2. The fourth-order valence-electron chi connectivity index (χ4n) is 2.38. The third-order valence-corrected chi connectivity index (χ3v) is 4.78. The smallest absolute Gasteiger partial charge is 0.414 e. The summed E-state index contributed by atoms with van der Waals surface area (Å²) in [5.74, 6) is -2.07. The van der Waals surface area contributed by atoms with Gasteiger partial charge in [-0.1, -0.05) is 34.5 Å². The van der Waals surface area contributed by atoms with E-state index in [1.54, 1.807) is 0 Å². The molecular weight excluding hydrogens is 442 g/mol. The zero-order valence-corrected chi connectivity index (χ0v) is 17.5. The molecule has 0 atom stereocenters. The maximum absolute atomic E-state index is 9.10. The first-order valence-electron chi connectivity index (χ1n) is 8.63. The second-order valence-electron chi connectivity index (χ2n) is 6.17. The van der Waals surface area contributed by atoms with Crippen molar-refractivity contribution >= 4 is 39.5 Å². The molecule has 0 unspecified atom stereocenters. The number of carboxylic acids is 2. The number of carboxylic acid groups (broad SMARTS) is 2. The van der Waals surface area contributed by atoms with Crippen LogP contribution >= 0.6 is 27.5 Å². The van der Waals surface area contributed by atoms with E-state index < -0.39 is 11.9 Å². The van der Waals surface area contributed by atoms with Crippen LogP contribution < -0.4 is 4.74 Å². The highest BCUT2D eigenvalue weighted by Crippen LogP contribution is 2.27. The van der Waals surface area contributed by atoms with Gasteiger partial charge in [-0.15, -0.1) is 0 Å². The van der Waals surface area contributed by atoms with Gasteiger partial charge in [0, 0.05) is 11.0 Å². The quantitative estimate of drug-likeness (QED) is 0.470. The number of likely N-dealkylation sites (tertiary alicyclic amines) is 1. The number of rotatable bonds is 7. The van der Waals surface area contributed by atoms with Gasteiger partial charge in [-0.3, -0.25) is 0 Å². The Balaban J connectivity index is 0.000000527. The number of aliphatic carboxylic acids is 2. The van der Waals surface area contributed by atoms with Gasteiger partial charge in [0.2, 0.25) is 0 Å². The second kappa shape index (κ2) is 12.9. The van der Waals surface area contributed by atoms with Crippen LogP contribution in [0.3, 0.4) is 0 Å². The highest BCUT2D eigenvalue weighted by Gasteiger charge is 2.14. The van der Waals surface area contributed by atoms with E-state index in [1.165, 1.54) is 25.9 Å². The van der Waals surface area contributed by atoms with E-state index in [4.69, 9.17) is 40.9 Å². The van der Waals surface area contributed by atoms with Crippen molar-refractivity contribution in [3.63, 3.8) is 0 Å². The van der Waals surface area contributed by atoms with E-state index in [9.17, 15) is 0 Å². The highest BCUT2D eigenvalue weighted by atomic mass is 79.9. The van der Waals surface area contributed by atoms with Gasteiger partial charge in [0.1, 0.15) is 12.4 Å². The topological polar surface area (TPSA) is 96.3 Å². The van der Waals surface area contributed by atoms with Crippen molar-refractivity contribution < 1.29 is 29.3 Å². The monoisotopic (exact) mass is 465 g/mol. The summed E-state index contributed by atoms with van der Waals surface area (Å²) in [6, 6.07) is 5.61. The number of carbonyl (C=O) groups is 2. The average Bonchev–Trinajstić information content (AvgIpc) is 2.61. The van der Waals surface area contributed by atoms with Gasteiger partial charge in [-0.25, -0.2) is 9.59 Å². The molecule has 1 heterocycles. The molecule has 2 rings (SSSR count). The van der Waals surface area contributed by atoms with Gasteiger partial charge >= 0.3 is 11.9 Å². The van der Waals surface area contributed by atoms with Crippen LogP contribution in [-0.2, 0) is 14.3 Å². The first-order valence-corrected chi connectivity index (χ1v) is 9.81. The van der Waals surface area contributed by atoms with Gasteiger partial charge in [-0.2, -0.15) is 0 Å². The summed E-state index contributed by atoms with van der Waals surface area (Å²) in [6.45, 7) is 7.65. The van der Waals surface area contributed by atoms with Crippen molar-refractivity contribution in [1.29, 1.82) is 0 Å². The summed E-state index contributed by atoms with van der Waals surface area (Å²) >= 11 is 9.45. The average molecular weight is 467 g/mol. The zero-order valence-electron chi connectivity index (χ0n) is 15.2. The number of piperidine rings is 1. The molecule has 27 heavy (non-hydrogen) atoms. The zero-order chi connectivity index (χ0) is 20.2. The standard InChI is InChI=1S/C16H23BrClNO2.C2H2O4/c1-13-4-6-19(7-5-13)8-9-20-10-11-21-16-3-2-14(17)12-15(16)18;3-1(4)2(5)6/h2-3,12-13H,4-11H2,1H3;(H,3,4)(H,5,6). The highest BCUT2D eigenvalue weighted by molar-refractivity contribution is 9.10. The Bertz CT molecular complexity index is 596. The molecule has 1 aliphatic heterocycles. The van der Waals surface area contributed by atoms with Crippen LogP contribution in [0.25, 0.3) is 0 Å². The van der Waals surface area contributed by atoms with Crippen LogP contribution in [0.4, 0.5) is 0 Å². The largest absolute Gasteiger partial charge is 0.490 e. The molecule has 1 saturated heterocycles. The Morgan fingerprint density at radius 1 is 1.19 bits per heavy atom. The number of benzene rings is 1. The molecule has 0 saturated carbocycles. The van der Waals surface area contributed by atoms with Gasteiger partial charge in [-0.05, 0) is 50.0 Å². The van der Waals surface area contributed by atoms with Crippen molar-refractivity contribution in [2.45, 2.75) is 19.8 Å². The van der Waals surface area contributed by atoms with E-state index in [-0.39, 0.29) is 0 Å². The van der Waals surface area contributed by atoms with Crippen LogP contribution in [0, 0.1) is 5.92 Å². The molecule has 1 aromatic carbocycles. The van der Waals surface area contributed by atoms with Crippen molar-refractivity contribution in [2.24, 2.45) is 5.92 Å². The molecule has 0 spiro atoms. The normalized spacial score (nSPS) is 14.9. The third kappa shape index (κ3) is 10.5. The van der Waals surface area contributed by atoms with E-state index in [2.05, 4.69) is 27.8 Å². The first kappa shape index (κ1) is 23.7. The Kier molecular flexibility index (Phi) is 11.3. The Hall–Kier alpha value is -1.35. The summed E-state index contributed by atoms with van der Waals surface area (Å²) in [4.78, 5) is 20.7. The van der Waals surface area contributed by atoms with E-state index >= 15 is 0 Å². The van der Waals surface area contributed by atoms with Crippen LogP contribution in [0.2, 0.25) is 5.02 Å². The van der Waals surface area contributed by atoms with Crippen molar-refractivity contribution in [3.8, 4) is 5.75 Å². The number of hydrogen-bond acceptors (Lipinski definition) is 5. The SMILES string of the molecule is CC1CCN(CCOCCOc2ccc(Br)cc2Cl)CC1.O=C(O)C(=O)O. The van der Waals surface area contributed by atoms with Gasteiger partial charge in [0.05, 0.1) is 18.2 Å². The fourth-order valence-corrected chi connectivity index (χ4v) is 3.11. The lowest BCUT2D eigenvalue weighted by molar-refractivity contribution is -0.159. The number of ether oxygens (including phenoxy) is 2. The molecule has 1 aromatic rings. The van der Waals surface area contributed by atoms with Crippen LogP contribution in [0.15, 0.2) is 22.7 Å². The molecule has 1 fully saturated rings. The van der Waals surface area contributed by atoms with Crippen LogP contribution in [0.5, 0.6) is 5.75 Å². The summed E-state index contributed by atoms with van der Waals surface area (Å²) < 4.78 is 12.2. The van der Waals surface area contributed by atoms with Crippen molar-refractivity contribution in [2.75, 3.05) is 39.5 Å². The maximum Gasteiger partial charge on any atom is 0.414 e. The van der Waals surface area contributed by atoms with E-state index in [0.29, 0.717) is 24.0 Å². The molecule has 0 radical (unpaired) electrons. The molecule has 7 nitrogen and oxygen atoms in total.